The normalized spacial score (nSPS) is 21.9. The quantitative estimate of drug-likeness (QED) is 0.641. The molecule has 1 fully saturated rings. The lowest BCUT2D eigenvalue weighted by molar-refractivity contribution is 0.101. The van der Waals surface area contributed by atoms with E-state index in [2.05, 4.69) is 19.2 Å². The van der Waals surface area contributed by atoms with Gasteiger partial charge in [0.15, 0.2) is 5.78 Å². The molecule has 19 heavy (non-hydrogen) atoms. The van der Waals surface area contributed by atoms with Crippen LogP contribution in [0, 0.1) is 5.41 Å². The second-order valence-corrected chi connectivity index (χ2v) is 6.46. The molecule has 1 aromatic rings. The van der Waals surface area contributed by atoms with Crippen molar-refractivity contribution in [2.24, 2.45) is 5.41 Å². The van der Waals surface area contributed by atoms with E-state index >= 15 is 0 Å². The molecule has 1 atom stereocenters. The Labute approximate surface area is 115 Å². The summed E-state index contributed by atoms with van der Waals surface area (Å²) in [5, 5.41) is 3.55. The SMILES string of the molecule is CC(=O)c1cc(NC2CCCC(C)(C)C2)ccc1N. The molecular weight excluding hydrogens is 236 g/mol. The number of Topliss-reactive ketones (excluding diaryl/α,β-unsaturated/α-hetero) is 1. The van der Waals surface area contributed by atoms with Crippen LogP contribution in [0.25, 0.3) is 0 Å². The van der Waals surface area contributed by atoms with Crippen LogP contribution in [-0.4, -0.2) is 11.8 Å². The van der Waals surface area contributed by atoms with Gasteiger partial charge in [-0.1, -0.05) is 20.3 Å². The highest BCUT2D eigenvalue weighted by Crippen LogP contribution is 2.36. The van der Waals surface area contributed by atoms with Gasteiger partial charge < -0.3 is 11.1 Å². The summed E-state index contributed by atoms with van der Waals surface area (Å²) >= 11 is 0. The number of anilines is 2. The van der Waals surface area contributed by atoms with Crippen molar-refractivity contribution in [3.63, 3.8) is 0 Å². The second-order valence-electron chi connectivity index (χ2n) is 6.46. The molecule has 0 saturated heterocycles. The first kappa shape index (κ1) is 13.9. The van der Waals surface area contributed by atoms with Crippen LogP contribution >= 0.6 is 0 Å². The molecule has 0 aromatic heterocycles. The summed E-state index contributed by atoms with van der Waals surface area (Å²) < 4.78 is 0. The zero-order chi connectivity index (χ0) is 14.0. The topological polar surface area (TPSA) is 55.1 Å². The van der Waals surface area contributed by atoms with Crippen LogP contribution in [0.5, 0.6) is 0 Å². The van der Waals surface area contributed by atoms with Gasteiger partial charge in [-0.25, -0.2) is 0 Å². The third-order valence-corrected chi connectivity index (χ3v) is 4.01. The van der Waals surface area contributed by atoms with E-state index in [1.807, 2.05) is 18.2 Å². The van der Waals surface area contributed by atoms with Gasteiger partial charge in [-0.15, -0.1) is 0 Å². The van der Waals surface area contributed by atoms with Crippen LogP contribution in [0.15, 0.2) is 18.2 Å². The smallest absolute Gasteiger partial charge is 0.161 e. The van der Waals surface area contributed by atoms with Crippen molar-refractivity contribution in [3.8, 4) is 0 Å². The van der Waals surface area contributed by atoms with Crippen LogP contribution in [0.2, 0.25) is 0 Å². The Morgan fingerprint density at radius 2 is 2.16 bits per heavy atom. The molecule has 0 amide bonds. The molecule has 1 aliphatic rings. The number of nitrogens with one attached hydrogen (secondary N) is 1. The number of nitrogens with two attached hydrogens (primary N) is 1. The Balaban J connectivity index is 2.11. The van der Waals surface area contributed by atoms with Gasteiger partial charge in [0.2, 0.25) is 0 Å². The molecule has 0 heterocycles. The largest absolute Gasteiger partial charge is 0.398 e. The highest BCUT2D eigenvalue weighted by molar-refractivity contribution is 6.00. The minimum atomic E-state index is 0.0186. The number of rotatable bonds is 3. The summed E-state index contributed by atoms with van der Waals surface area (Å²) in [6.45, 7) is 6.20. The molecule has 3 heteroatoms. The van der Waals surface area contributed by atoms with E-state index in [9.17, 15) is 4.79 Å². The molecule has 0 spiro atoms. The van der Waals surface area contributed by atoms with Gasteiger partial charge in [0.05, 0.1) is 0 Å². The van der Waals surface area contributed by atoms with Crippen molar-refractivity contribution in [2.45, 2.75) is 52.5 Å². The molecule has 0 bridgehead atoms. The van der Waals surface area contributed by atoms with Gasteiger partial charge in [0, 0.05) is 23.0 Å². The monoisotopic (exact) mass is 260 g/mol. The van der Waals surface area contributed by atoms with Crippen molar-refractivity contribution in [2.75, 3.05) is 11.1 Å². The molecule has 2 rings (SSSR count). The molecule has 1 aromatic carbocycles. The summed E-state index contributed by atoms with van der Waals surface area (Å²) in [7, 11) is 0. The molecule has 104 valence electrons. The zero-order valence-electron chi connectivity index (χ0n) is 12.1. The van der Waals surface area contributed by atoms with Crippen molar-refractivity contribution in [1.29, 1.82) is 0 Å². The van der Waals surface area contributed by atoms with E-state index < -0.39 is 0 Å². The summed E-state index contributed by atoms with van der Waals surface area (Å²) in [4.78, 5) is 11.5. The number of hydrogen-bond donors (Lipinski definition) is 2. The van der Waals surface area contributed by atoms with E-state index in [0.29, 0.717) is 22.7 Å². The van der Waals surface area contributed by atoms with Crippen molar-refractivity contribution < 1.29 is 4.79 Å². The van der Waals surface area contributed by atoms with Gasteiger partial charge in [0.25, 0.3) is 0 Å². The minimum absolute atomic E-state index is 0.0186. The Morgan fingerprint density at radius 3 is 2.79 bits per heavy atom. The highest BCUT2D eigenvalue weighted by Gasteiger charge is 2.27. The van der Waals surface area contributed by atoms with Gasteiger partial charge in [-0.2, -0.15) is 0 Å². The molecule has 0 radical (unpaired) electrons. The first-order chi connectivity index (χ1) is 8.87. The molecule has 3 N–H and O–H groups in total. The van der Waals surface area contributed by atoms with Gasteiger partial charge in [-0.05, 0) is 49.8 Å². The molecule has 1 unspecified atom stereocenters. The maximum atomic E-state index is 11.5. The van der Waals surface area contributed by atoms with Crippen molar-refractivity contribution in [1.82, 2.24) is 0 Å². The average Bonchev–Trinajstić information content (AvgIpc) is 2.30. The highest BCUT2D eigenvalue weighted by atomic mass is 16.1. The third kappa shape index (κ3) is 3.49. The van der Waals surface area contributed by atoms with E-state index in [1.54, 1.807) is 6.92 Å². The molecule has 1 aliphatic carbocycles. The Bertz CT molecular complexity index is 480. The summed E-state index contributed by atoms with van der Waals surface area (Å²) in [5.41, 5.74) is 8.40. The molecule has 3 nitrogen and oxygen atoms in total. The first-order valence-electron chi connectivity index (χ1n) is 7.04. The summed E-state index contributed by atoms with van der Waals surface area (Å²) in [5.74, 6) is 0.0186. The lowest BCUT2D eigenvalue weighted by Gasteiger charge is -2.36. The first-order valence-corrected chi connectivity index (χ1v) is 7.04. The third-order valence-electron chi connectivity index (χ3n) is 4.01. The van der Waals surface area contributed by atoms with E-state index in [1.165, 1.54) is 25.7 Å². The van der Waals surface area contributed by atoms with Gasteiger partial charge in [0.1, 0.15) is 0 Å². The van der Waals surface area contributed by atoms with Crippen LogP contribution in [0.1, 0.15) is 56.8 Å². The lowest BCUT2D eigenvalue weighted by atomic mass is 9.75. The summed E-state index contributed by atoms with van der Waals surface area (Å²) in [6.07, 6.45) is 4.93. The molecular formula is C16H24N2O. The van der Waals surface area contributed by atoms with Gasteiger partial charge >= 0.3 is 0 Å². The van der Waals surface area contributed by atoms with Crippen LogP contribution in [-0.2, 0) is 0 Å². The number of benzene rings is 1. The van der Waals surface area contributed by atoms with E-state index in [0.717, 1.165) is 5.69 Å². The predicted molar refractivity (Wildman–Crippen MR) is 80.5 cm³/mol. The maximum absolute atomic E-state index is 11.5. The number of ketones is 1. The average molecular weight is 260 g/mol. The maximum Gasteiger partial charge on any atom is 0.161 e. The minimum Gasteiger partial charge on any atom is -0.398 e. The fourth-order valence-corrected chi connectivity index (χ4v) is 3.01. The van der Waals surface area contributed by atoms with Crippen molar-refractivity contribution >= 4 is 17.2 Å². The van der Waals surface area contributed by atoms with Crippen LogP contribution in [0.4, 0.5) is 11.4 Å². The Hall–Kier alpha value is -1.51. The number of carbonyl (C=O) groups excluding carboxylic acids is 1. The van der Waals surface area contributed by atoms with E-state index in [4.69, 9.17) is 5.73 Å². The fraction of sp³-hybridized carbons (Fsp3) is 0.562. The fourth-order valence-electron chi connectivity index (χ4n) is 3.01. The lowest BCUT2D eigenvalue weighted by Crippen LogP contribution is -2.31. The Morgan fingerprint density at radius 1 is 1.42 bits per heavy atom. The van der Waals surface area contributed by atoms with E-state index in [-0.39, 0.29) is 5.78 Å². The molecule has 0 aliphatic heterocycles. The molecule has 1 saturated carbocycles. The summed E-state index contributed by atoms with van der Waals surface area (Å²) in [6, 6.07) is 6.14. The number of nitrogen functional groups attached to an aromatic ring is 1. The van der Waals surface area contributed by atoms with Crippen LogP contribution < -0.4 is 11.1 Å². The zero-order valence-corrected chi connectivity index (χ0v) is 12.1. The number of carbonyl (C=O) groups is 1. The van der Waals surface area contributed by atoms with Crippen molar-refractivity contribution in [3.05, 3.63) is 23.8 Å². The van der Waals surface area contributed by atoms with Gasteiger partial charge in [-0.3, -0.25) is 4.79 Å². The standard InChI is InChI=1S/C16H24N2O/c1-11(19)14-9-12(6-7-15(14)17)18-13-5-4-8-16(2,3)10-13/h6-7,9,13,18H,4-5,8,10,17H2,1-3H3. The second kappa shape index (κ2) is 5.24. The predicted octanol–water partition coefficient (Wildman–Crippen LogP) is 3.85. The number of hydrogen-bond acceptors (Lipinski definition) is 3. The van der Waals surface area contributed by atoms with Crippen LogP contribution in [0.3, 0.4) is 0 Å². The Kier molecular flexibility index (Phi) is 3.83.